The van der Waals surface area contributed by atoms with E-state index in [0.717, 1.165) is 31.0 Å². The maximum Gasteiger partial charge on any atom is 0.126 e. The van der Waals surface area contributed by atoms with Crippen LogP contribution in [0, 0.1) is 12.7 Å². The first-order valence-corrected chi connectivity index (χ1v) is 7.89. The van der Waals surface area contributed by atoms with Crippen molar-refractivity contribution in [2.45, 2.75) is 25.3 Å². The lowest BCUT2D eigenvalue weighted by molar-refractivity contribution is 0.319. The fourth-order valence-corrected chi connectivity index (χ4v) is 3.35. The van der Waals surface area contributed by atoms with E-state index in [0.29, 0.717) is 17.5 Å². The molecule has 0 radical (unpaired) electrons. The molecule has 22 heavy (non-hydrogen) atoms. The molecule has 1 saturated carbocycles. The standard InChI is InChI=1S/C18H20FN3/c1-12-8-13(2-4-16(12)19)17-5-3-14(10-21-17)15-9-18(15)22-7-6-20-11-22/h2-5,8,10,15,18,20H,6-7,9,11H2,1H3/t15-,18+/m1/s1. The average Bonchev–Trinajstić information content (AvgIpc) is 3.15. The van der Waals surface area contributed by atoms with Gasteiger partial charge >= 0.3 is 0 Å². The zero-order valence-electron chi connectivity index (χ0n) is 12.7. The van der Waals surface area contributed by atoms with E-state index in [4.69, 9.17) is 0 Å². The van der Waals surface area contributed by atoms with Crippen LogP contribution in [-0.2, 0) is 0 Å². The molecule has 1 N–H and O–H groups in total. The van der Waals surface area contributed by atoms with Gasteiger partial charge < -0.3 is 5.32 Å². The Hall–Kier alpha value is -1.78. The molecular weight excluding hydrogens is 277 g/mol. The minimum absolute atomic E-state index is 0.166. The van der Waals surface area contributed by atoms with Crippen LogP contribution in [0.3, 0.4) is 0 Å². The highest BCUT2D eigenvalue weighted by Gasteiger charge is 2.43. The van der Waals surface area contributed by atoms with Gasteiger partial charge in [-0.3, -0.25) is 9.88 Å². The number of aromatic nitrogens is 1. The molecule has 0 bridgehead atoms. The Kier molecular flexibility index (Phi) is 3.43. The first kappa shape index (κ1) is 13.9. The molecular formula is C18H20FN3. The van der Waals surface area contributed by atoms with Crippen LogP contribution < -0.4 is 5.32 Å². The summed E-state index contributed by atoms with van der Waals surface area (Å²) in [5.74, 6) is 0.455. The first-order valence-electron chi connectivity index (χ1n) is 7.89. The summed E-state index contributed by atoms with van der Waals surface area (Å²) < 4.78 is 13.4. The van der Waals surface area contributed by atoms with Crippen molar-refractivity contribution in [3.8, 4) is 11.3 Å². The monoisotopic (exact) mass is 297 g/mol. The molecule has 0 amide bonds. The molecule has 2 aromatic rings. The molecule has 2 aliphatic rings. The minimum Gasteiger partial charge on any atom is -0.303 e. The van der Waals surface area contributed by atoms with Gasteiger partial charge in [0.25, 0.3) is 0 Å². The lowest BCUT2D eigenvalue weighted by Crippen LogP contribution is -2.25. The number of benzene rings is 1. The molecule has 0 unspecified atom stereocenters. The van der Waals surface area contributed by atoms with Crippen LogP contribution >= 0.6 is 0 Å². The van der Waals surface area contributed by atoms with Gasteiger partial charge in [-0.1, -0.05) is 6.07 Å². The fraction of sp³-hybridized carbons (Fsp3) is 0.389. The van der Waals surface area contributed by atoms with Crippen molar-refractivity contribution < 1.29 is 4.39 Å². The molecule has 1 aromatic carbocycles. The Balaban J connectivity index is 1.50. The van der Waals surface area contributed by atoms with Crippen molar-refractivity contribution in [3.05, 3.63) is 53.5 Å². The molecule has 4 heteroatoms. The summed E-state index contributed by atoms with van der Waals surface area (Å²) in [6, 6.07) is 10.1. The van der Waals surface area contributed by atoms with Crippen LogP contribution in [0.2, 0.25) is 0 Å². The quantitative estimate of drug-likeness (QED) is 0.944. The van der Waals surface area contributed by atoms with Crippen molar-refractivity contribution in [3.63, 3.8) is 0 Å². The maximum atomic E-state index is 13.4. The third-order valence-electron chi connectivity index (χ3n) is 4.78. The van der Waals surface area contributed by atoms with Crippen molar-refractivity contribution in [1.82, 2.24) is 15.2 Å². The summed E-state index contributed by atoms with van der Waals surface area (Å²) in [4.78, 5) is 7.10. The van der Waals surface area contributed by atoms with E-state index in [1.165, 1.54) is 18.1 Å². The maximum absolute atomic E-state index is 13.4. The van der Waals surface area contributed by atoms with Crippen LogP contribution in [0.15, 0.2) is 36.5 Å². The highest BCUT2D eigenvalue weighted by molar-refractivity contribution is 5.60. The normalized spacial score (nSPS) is 24.6. The smallest absolute Gasteiger partial charge is 0.126 e. The molecule has 0 spiro atoms. The van der Waals surface area contributed by atoms with Crippen LogP contribution in [0.25, 0.3) is 11.3 Å². The van der Waals surface area contributed by atoms with E-state index >= 15 is 0 Å². The third-order valence-corrected chi connectivity index (χ3v) is 4.78. The lowest BCUT2D eigenvalue weighted by Gasteiger charge is -2.13. The number of rotatable bonds is 3. The summed E-state index contributed by atoms with van der Waals surface area (Å²) in [6.07, 6.45) is 3.22. The Morgan fingerprint density at radius 2 is 2.18 bits per heavy atom. The van der Waals surface area contributed by atoms with Crippen molar-refractivity contribution in [1.29, 1.82) is 0 Å². The highest BCUT2D eigenvalue weighted by Crippen LogP contribution is 2.44. The van der Waals surface area contributed by atoms with E-state index < -0.39 is 0 Å². The summed E-state index contributed by atoms with van der Waals surface area (Å²) in [6.45, 7) is 5.06. The van der Waals surface area contributed by atoms with Gasteiger partial charge in [0.1, 0.15) is 5.82 Å². The summed E-state index contributed by atoms with van der Waals surface area (Å²) in [5.41, 5.74) is 3.86. The van der Waals surface area contributed by atoms with Crippen LogP contribution in [0.4, 0.5) is 4.39 Å². The number of hydrogen-bond acceptors (Lipinski definition) is 3. The molecule has 1 aliphatic carbocycles. The van der Waals surface area contributed by atoms with Gasteiger partial charge in [0.15, 0.2) is 0 Å². The van der Waals surface area contributed by atoms with Gasteiger partial charge in [0.05, 0.1) is 5.69 Å². The molecule has 1 aromatic heterocycles. The number of nitrogens with zero attached hydrogens (tertiary/aromatic N) is 2. The molecule has 1 aliphatic heterocycles. The third kappa shape index (κ3) is 2.53. The number of halogens is 1. The van der Waals surface area contributed by atoms with E-state index in [2.05, 4.69) is 27.3 Å². The second-order valence-electron chi connectivity index (χ2n) is 6.32. The molecule has 2 heterocycles. The lowest BCUT2D eigenvalue weighted by atomic mass is 10.1. The molecule has 2 atom stereocenters. The second-order valence-corrected chi connectivity index (χ2v) is 6.32. The Morgan fingerprint density at radius 1 is 1.27 bits per heavy atom. The van der Waals surface area contributed by atoms with Crippen LogP contribution in [0.5, 0.6) is 0 Å². The predicted molar refractivity (Wildman–Crippen MR) is 85.1 cm³/mol. The minimum atomic E-state index is -0.166. The molecule has 2 fully saturated rings. The van der Waals surface area contributed by atoms with E-state index in [1.807, 2.05) is 12.3 Å². The van der Waals surface area contributed by atoms with Crippen molar-refractivity contribution in [2.24, 2.45) is 0 Å². The Bertz CT molecular complexity index is 677. The zero-order valence-corrected chi connectivity index (χ0v) is 12.7. The molecule has 4 rings (SSSR count). The van der Waals surface area contributed by atoms with Crippen molar-refractivity contribution in [2.75, 3.05) is 19.8 Å². The van der Waals surface area contributed by atoms with Gasteiger partial charge in [-0.05, 0) is 48.7 Å². The molecule has 3 nitrogen and oxygen atoms in total. The highest BCUT2D eigenvalue weighted by atomic mass is 19.1. The Labute approximate surface area is 130 Å². The summed E-state index contributed by atoms with van der Waals surface area (Å²) >= 11 is 0. The van der Waals surface area contributed by atoms with Crippen LogP contribution in [-0.4, -0.2) is 35.7 Å². The zero-order chi connectivity index (χ0) is 15.1. The second kappa shape index (κ2) is 5.45. The molecule has 114 valence electrons. The molecule has 1 saturated heterocycles. The topological polar surface area (TPSA) is 28.2 Å². The summed E-state index contributed by atoms with van der Waals surface area (Å²) in [5, 5.41) is 3.39. The van der Waals surface area contributed by atoms with Gasteiger partial charge in [0.2, 0.25) is 0 Å². The van der Waals surface area contributed by atoms with Gasteiger partial charge in [0, 0.05) is 43.5 Å². The van der Waals surface area contributed by atoms with Crippen molar-refractivity contribution >= 4 is 0 Å². The van der Waals surface area contributed by atoms with Gasteiger partial charge in [-0.15, -0.1) is 0 Å². The van der Waals surface area contributed by atoms with Gasteiger partial charge in [-0.25, -0.2) is 4.39 Å². The van der Waals surface area contributed by atoms with E-state index in [1.54, 1.807) is 13.0 Å². The van der Waals surface area contributed by atoms with Gasteiger partial charge in [-0.2, -0.15) is 0 Å². The fourth-order valence-electron chi connectivity index (χ4n) is 3.35. The van der Waals surface area contributed by atoms with E-state index in [-0.39, 0.29) is 5.82 Å². The SMILES string of the molecule is Cc1cc(-c2ccc([C@H]3C[C@@H]3N3CCNC3)cn2)ccc1F. The first-order chi connectivity index (χ1) is 10.7. The number of pyridine rings is 1. The van der Waals surface area contributed by atoms with E-state index in [9.17, 15) is 4.39 Å². The number of hydrogen-bond donors (Lipinski definition) is 1. The number of nitrogens with one attached hydrogen (secondary N) is 1. The Morgan fingerprint density at radius 3 is 2.86 bits per heavy atom. The van der Waals surface area contributed by atoms with Crippen LogP contribution in [0.1, 0.15) is 23.5 Å². The predicted octanol–water partition coefficient (Wildman–Crippen LogP) is 2.91. The largest absolute Gasteiger partial charge is 0.303 e. The number of aryl methyl sites for hydroxylation is 1. The average molecular weight is 297 g/mol. The summed E-state index contributed by atoms with van der Waals surface area (Å²) in [7, 11) is 0.